The van der Waals surface area contributed by atoms with Gasteiger partial charge in [-0.15, -0.1) is 0 Å². The van der Waals surface area contributed by atoms with Crippen molar-refractivity contribution in [3.63, 3.8) is 0 Å². The van der Waals surface area contributed by atoms with Gasteiger partial charge in [-0.2, -0.15) is 0 Å². The van der Waals surface area contributed by atoms with E-state index in [9.17, 15) is 13.2 Å². The monoisotopic (exact) mass is 444 g/mol. The molecule has 31 heavy (non-hydrogen) atoms. The average molecular weight is 445 g/mol. The summed E-state index contributed by atoms with van der Waals surface area (Å²) in [5, 5.41) is 3.08. The molecule has 0 unspecified atom stereocenters. The summed E-state index contributed by atoms with van der Waals surface area (Å²) < 4.78 is 32.7. The van der Waals surface area contributed by atoms with Crippen molar-refractivity contribution in [2.24, 2.45) is 0 Å². The molecule has 2 atom stereocenters. The molecule has 1 amide bonds. The van der Waals surface area contributed by atoms with Crippen molar-refractivity contribution in [2.45, 2.75) is 65.6 Å². The van der Waals surface area contributed by atoms with E-state index in [-0.39, 0.29) is 11.9 Å². The summed E-state index contributed by atoms with van der Waals surface area (Å²) in [4.78, 5) is 13.3. The molecule has 1 N–H and O–H groups in total. The first-order chi connectivity index (χ1) is 14.3. The number of anilines is 1. The van der Waals surface area contributed by atoms with Gasteiger partial charge in [0.15, 0.2) is 0 Å². The van der Waals surface area contributed by atoms with Crippen molar-refractivity contribution in [2.75, 3.05) is 10.6 Å². The molecule has 6 nitrogen and oxygen atoms in total. The van der Waals surface area contributed by atoms with E-state index >= 15 is 0 Å². The highest BCUT2D eigenvalue weighted by Gasteiger charge is 2.37. The number of hydrogen-bond acceptors (Lipinski definition) is 4. The first-order valence-electron chi connectivity index (χ1n) is 10.4. The van der Waals surface area contributed by atoms with Gasteiger partial charge in [-0.1, -0.05) is 24.3 Å². The van der Waals surface area contributed by atoms with Crippen LogP contribution in [0.2, 0.25) is 0 Å². The van der Waals surface area contributed by atoms with Crippen LogP contribution in [0.4, 0.5) is 5.69 Å². The van der Waals surface area contributed by atoms with Gasteiger partial charge >= 0.3 is 0 Å². The van der Waals surface area contributed by atoms with Crippen LogP contribution in [0.15, 0.2) is 36.4 Å². The van der Waals surface area contributed by atoms with E-state index in [1.54, 1.807) is 13.0 Å². The van der Waals surface area contributed by atoms with E-state index in [0.717, 1.165) is 34.3 Å². The fraction of sp³-hybridized carbons (Fsp3) is 0.458. The normalized spacial score (nSPS) is 18.5. The van der Waals surface area contributed by atoms with Gasteiger partial charge in [-0.3, -0.25) is 9.10 Å². The lowest BCUT2D eigenvalue weighted by Gasteiger charge is -2.39. The second-order valence-electron chi connectivity index (χ2n) is 9.19. The van der Waals surface area contributed by atoms with E-state index in [4.69, 9.17) is 4.74 Å². The number of rotatable bonds is 5. The third-order valence-corrected chi connectivity index (χ3v) is 6.86. The number of hydrogen-bond donors (Lipinski definition) is 1. The number of aryl methyl sites for hydroxylation is 3. The number of nitrogens with zero attached hydrogens (tertiary/aromatic N) is 1. The molecule has 0 saturated heterocycles. The number of benzene rings is 2. The van der Waals surface area contributed by atoms with Crippen molar-refractivity contribution >= 4 is 21.6 Å². The molecule has 0 radical (unpaired) electrons. The molecule has 0 fully saturated rings. The Labute approximate surface area is 185 Å². The van der Waals surface area contributed by atoms with E-state index in [0.29, 0.717) is 12.1 Å². The van der Waals surface area contributed by atoms with Crippen molar-refractivity contribution < 1.29 is 17.9 Å². The second kappa shape index (κ2) is 8.19. The van der Waals surface area contributed by atoms with Gasteiger partial charge in [0.2, 0.25) is 15.9 Å². The zero-order valence-electron chi connectivity index (χ0n) is 19.3. The molecule has 1 aliphatic heterocycles. The van der Waals surface area contributed by atoms with Crippen LogP contribution >= 0.6 is 0 Å². The van der Waals surface area contributed by atoms with Crippen molar-refractivity contribution in [1.29, 1.82) is 0 Å². The Balaban J connectivity index is 1.94. The van der Waals surface area contributed by atoms with Gasteiger partial charge in [-0.25, -0.2) is 8.42 Å². The molecular weight excluding hydrogens is 412 g/mol. The zero-order valence-corrected chi connectivity index (χ0v) is 20.1. The van der Waals surface area contributed by atoms with Crippen LogP contribution in [0.5, 0.6) is 5.75 Å². The van der Waals surface area contributed by atoms with Crippen LogP contribution < -0.4 is 14.4 Å². The first-order valence-corrected chi connectivity index (χ1v) is 12.3. The molecule has 0 saturated carbocycles. The molecule has 0 spiro atoms. The van der Waals surface area contributed by atoms with E-state index < -0.39 is 21.7 Å². The number of sulfonamides is 1. The molecule has 0 aromatic heterocycles. The number of ether oxygens (including phenoxy) is 1. The Morgan fingerprint density at radius 3 is 2.39 bits per heavy atom. The third-order valence-electron chi connectivity index (χ3n) is 5.63. The Morgan fingerprint density at radius 1 is 1.13 bits per heavy atom. The molecule has 1 heterocycles. The molecule has 168 valence electrons. The van der Waals surface area contributed by atoms with Gasteiger partial charge < -0.3 is 10.1 Å². The Bertz CT molecular complexity index is 1110. The lowest BCUT2D eigenvalue weighted by Crippen LogP contribution is -2.50. The Morgan fingerprint density at radius 2 is 1.74 bits per heavy atom. The molecule has 2 aromatic rings. The standard InChI is InChI=1S/C24H32N2O4S/c1-15-8-10-17(3)21(12-15)26(31(7,28)29)18(4)23(27)25-20-14-24(5,6)30-22-13-16(2)9-11-19(20)22/h8-13,18,20H,14H2,1-7H3,(H,25,27)/t18-,20-/m0/s1. The maximum atomic E-state index is 13.3. The summed E-state index contributed by atoms with van der Waals surface area (Å²) in [6.07, 6.45) is 1.72. The Hall–Kier alpha value is -2.54. The Kier molecular flexibility index (Phi) is 6.11. The van der Waals surface area contributed by atoms with E-state index in [1.807, 2.05) is 65.0 Å². The second-order valence-corrected chi connectivity index (χ2v) is 11.1. The predicted octanol–water partition coefficient (Wildman–Crippen LogP) is 4.18. The topological polar surface area (TPSA) is 75.7 Å². The molecule has 1 aliphatic rings. The highest BCUT2D eigenvalue weighted by atomic mass is 32.2. The maximum absolute atomic E-state index is 13.3. The van der Waals surface area contributed by atoms with Crippen LogP contribution in [0.1, 0.15) is 55.5 Å². The van der Waals surface area contributed by atoms with Crippen LogP contribution in [0.25, 0.3) is 0 Å². The summed E-state index contributed by atoms with van der Waals surface area (Å²) >= 11 is 0. The molecule has 0 bridgehead atoms. The number of amides is 1. The largest absolute Gasteiger partial charge is 0.487 e. The summed E-state index contributed by atoms with van der Waals surface area (Å²) in [5.74, 6) is 0.407. The summed E-state index contributed by atoms with van der Waals surface area (Å²) in [6, 6.07) is 10.3. The minimum Gasteiger partial charge on any atom is -0.487 e. The van der Waals surface area contributed by atoms with Gasteiger partial charge in [0, 0.05) is 12.0 Å². The molecule has 7 heteroatoms. The zero-order chi connectivity index (χ0) is 23.1. The van der Waals surface area contributed by atoms with Gasteiger partial charge in [0.1, 0.15) is 17.4 Å². The fourth-order valence-corrected chi connectivity index (χ4v) is 5.34. The highest BCUT2D eigenvalue weighted by molar-refractivity contribution is 7.92. The lowest BCUT2D eigenvalue weighted by molar-refractivity contribution is -0.123. The first kappa shape index (κ1) is 23.1. The predicted molar refractivity (Wildman–Crippen MR) is 124 cm³/mol. The fourth-order valence-electron chi connectivity index (χ4n) is 4.12. The third kappa shape index (κ3) is 5.03. The highest BCUT2D eigenvalue weighted by Crippen LogP contribution is 2.40. The van der Waals surface area contributed by atoms with Crippen molar-refractivity contribution in [3.8, 4) is 5.75 Å². The van der Waals surface area contributed by atoms with Crippen LogP contribution in [-0.2, 0) is 14.8 Å². The summed E-state index contributed by atoms with van der Waals surface area (Å²) in [5.41, 5.74) is 3.77. The summed E-state index contributed by atoms with van der Waals surface area (Å²) in [6.45, 7) is 11.3. The quantitative estimate of drug-likeness (QED) is 0.750. The number of carbonyl (C=O) groups excluding carboxylic acids is 1. The van der Waals surface area contributed by atoms with E-state index in [1.165, 1.54) is 4.31 Å². The van der Waals surface area contributed by atoms with Gasteiger partial charge in [0.25, 0.3) is 0 Å². The van der Waals surface area contributed by atoms with Gasteiger partial charge in [0.05, 0.1) is 18.0 Å². The average Bonchev–Trinajstić information content (AvgIpc) is 2.62. The van der Waals surface area contributed by atoms with Crippen molar-refractivity contribution in [1.82, 2.24) is 5.32 Å². The SMILES string of the molecule is Cc1ccc2c(c1)OC(C)(C)C[C@@H]2NC(=O)[C@H](C)N(c1cc(C)ccc1C)S(C)(=O)=O. The molecule has 3 rings (SSSR count). The van der Waals surface area contributed by atoms with Crippen LogP contribution in [-0.4, -0.2) is 32.2 Å². The summed E-state index contributed by atoms with van der Waals surface area (Å²) in [7, 11) is -3.68. The number of carbonyl (C=O) groups is 1. The minimum atomic E-state index is -3.68. The van der Waals surface area contributed by atoms with E-state index in [2.05, 4.69) is 5.32 Å². The minimum absolute atomic E-state index is 0.269. The van der Waals surface area contributed by atoms with Crippen LogP contribution in [0.3, 0.4) is 0 Å². The number of nitrogens with one attached hydrogen (secondary N) is 1. The molecular formula is C24H32N2O4S. The molecule has 2 aromatic carbocycles. The molecule has 0 aliphatic carbocycles. The van der Waals surface area contributed by atoms with Gasteiger partial charge in [-0.05, 0) is 70.4 Å². The van der Waals surface area contributed by atoms with Crippen molar-refractivity contribution in [3.05, 3.63) is 58.7 Å². The smallest absolute Gasteiger partial charge is 0.244 e. The number of fused-ring (bicyclic) bond motifs is 1. The maximum Gasteiger partial charge on any atom is 0.244 e. The lowest BCUT2D eigenvalue weighted by atomic mass is 9.89. The van der Waals surface area contributed by atoms with Crippen LogP contribution in [0, 0.1) is 20.8 Å².